The number of nitrogens with one attached hydrogen (secondary N) is 1. The Morgan fingerprint density at radius 1 is 1.25 bits per heavy atom. The third-order valence-corrected chi connectivity index (χ3v) is 7.28. The molecule has 1 aromatic carbocycles. The fourth-order valence-electron chi connectivity index (χ4n) is 5.72. The molecule has 3 atom stereocenters. The monoisotopic (exact) mass is 440 g/mol. The van der Waals surface area contributed by atoms with Gasteiger partial charge in [-0.15, -0.1) is 0 Å². The van der Waals surface area contributed by atoms with Gasteiger partial charge in [0.1, 0.15) is 0 Å². The van der Waals surface area contributed by atoms with Crippen LogP contribution in [0.4, 0.5) is 5.69 Å². The van der Waals surface area contributed by atoms with Crippen molar-refractivity contribution in [3.63, 3.8) is 0 Å². The zero-order valence-electron chi connectivity index (χ0n) is 20.3. The molecular formula is C26H40N4O2. The van der Waals surface area contributed by atoms with Crippen molar-refractivity contribution in [3.05, 3.63) is 29.8 Å². The molecule has 4 rings (SSSR count). The van der Waals surface area contributed by atoms with Crippen molar-refractivity contribution < 1.29 is 9.53 Å². The summed E-state index contributed by atoms with van der Waals surface area (Å²) < 4.78 is 6.18. The van der Waals surface area contributed by atoms with E-state index in [2.05, 4.69) is 60.2 Å². The highest BCUT2D eigenvalue weighted by Gasteiger charge is 2.36. The molecule has 0 spiro atoms. The van der Waals surface area contributed by atoms with Crippen LogP contribution in [0.1, 0.15) is 64.4 Å². The third kappa shape index (κ3) is 4.95. The maximum absolute atomic E-state index is 12.1. The molecule has 6 nitrogen and oxygen atoms in total. The van der Waals surface area contributed by atoms with E-state index in [0.717, 1.165) is 58.0 Å². The predicted octanol–water partition coefficient (Wildman–Crippen LogP) is 4.02. The number of ether oxygens (including phenoxy) is 1. The molecule has 0 bridgehead atoms. The van der Waals surface area contributed by atoms with Crippen LogP contribution in [0.3, 0.4) is 0 Å². The molecular weight excluding hydrogens is 400 g/mol. The summed E-state index contributed by atoms with van der Waals surface area (Å²) in [5.74, 6) is 2.15. The topological polar surface area (TPSA) is 57.2 Å². The number of para-hydroxylation sites is 1. The van der Waals surface area contributed by atoms with Crippen LogP contribution in [-0.2, 0) is 9.53 Å². The van der Waals surface area contributed by atoms with Crippen molar-refractivity contribution >= 4 is 17.6 Å². The van der Waals surface area contributed by atoms with E-state index in [1.807, 2.05) is 11.9 Å². The summed E-state index contributed by atoms with van der Waals surface area (Å²) in [6, 6.07) is 8.67. The number of nitrogens with zero attached hydrogens (tertiary/aromatic N) is 3. The number of rotatable bonds is 5. The molecule has 0 radical (unpaired) electrons. The van der Waals surface area contributed by atoms with Crippen LogP contribution in [-0.4, -0.2) is 62.7 Å². The van der Waals surface area contributed by atoms with E-state index in [9.17, 15) is 4.79 Å². The molecule has 2 fully saturated rings. The average Bonchev–Trinajstić information content (AvgIpc) is 3.36. The Hall–Kier alpha value is -2.08. The van der Waals surface area contributed by atoms with Crippen molar-refractivity contribution in [2.75, 3.05) is 44.7 Å². The number of hydrogen-bond acceptors (Lipinski definition) is 3. The van der Waals surface area contributed by atoms with E-state index in [1.54, 1.807) is 0 Å². The van der Waals surface area contributed by atoms with Gasteiger partial charge in [0.25, 0.3) is 0 Å². The molecule has 0 saturated carbocycles. The summed E-state index contributed by atoms with van der Waals surface area (Å²) in [5, 5.41) is 3.68. The molecule has 3 unspecified atom stereocenters. The number of guanidine groups is 1. The number of carbonyl (C=O) groups excluding carboxylic acids is 1. The number of hydrogen-bond donors (Lipinski definition) is 1. The number of carbonyl (C=O) groups is 1. The maximum atomic E-state index is 12.1. The van der Waals surface area contributed by atoms with Gasteiger partial charge in [-0.25, -0.2) is 0 Å². The lowest BCUT2D eigenvalue weighted by Gasteiger charge is -2.40. The molecule has 32 heavy (non-hydrogen) atoms. The molecule has 0 aromatic heterocycles. The van der Waals surface area contributed by atoms with Gasteiger partial charge in [0.15, 0.2) is 5.96 Å². The normalized spacial score (nSPS) is 26.6. The molecule has 1 amide bonds. The lowest BCUT2D eigenvalue weighted by molar-refractivity contribution is -0.127. The number of likely N-dealkylation sites (tertiary alicyclic amines) is 1. The minimum absolute atomic E-state index is 0.134. The SMILES string of the molecule is CN=C(NCC1CCCOC1C(C)(C)C)N1CC(CCN2CCCC2=O)c2ccccc21. The standard InChI is InChI=1S/C26H40N4O2/c1-26(2,3)24-19(9-8-16-32-24)17-28-25(27-4)30-18-20(21-10-5-6-11-22(21)30)13-15-29-14-7-12-23(29)31/h5-6,10-11,19-20,24H,7-9,12-18H2,1-4H3,(H,27,28). The van der Waals surface area contributed by atoms with Gasteiger partial charge in [-0.1, -0.05) is 39.0 Å². The first-order chi connectivity index (χ1) is 15.4. The Balaban J connectivity index is 1.42. The van der Waals surface area contributed by atoms with Crippen LogP contribution in [0, 0.1) is 11.3 Å². The number of benzene rings is 1. The van der Waals surface area contributed by atoms with E-state index < -0.39 is 0 Å². The van der Waals surface area contributed by atoms with Crippen LogP contribution < -0.4 is 10.2 Å². The number of fused-ring (bicyclic) bond motifs is 1. The zero-order chi connectivity index (χ0) is 22.7. The summed E-state index contributed by atoms with van der Waals surface area (Å²) in [6.07, 6.45) is 5.29. The predicted molar refractivity (Wildman–Crippen MR) is 130 cm³/mol. The summed E-state index contributed by atoms with van der Waals surface area (Å²) in [5.41, 5.74) is 2.75. The second kappa shape index (κ2) is 9.82. The van der Waals surface area contributed by atoms with Crippen molar-refractivity contribution in [1.29, 1.82) is 0 Å². The second-order valence-corrected chi connectivity index (χ2v) is 10.6. The Kier molecular flexibility index (Phi) is 7.08. The highest BCUT2D eigenvalue weighted by Crippen LogP contribution is 2.38. The summed E-state index contributed by atoms with van der Waals surface area (Å²) in [4.78, 5) is 21.1. The first kappa shape index (κ1) is 23.1. The fraction of sp³-hybridized carbons (Fsp3) is 0.692. The van der Waals surface area contributed by atoms with Gasteiger partial charge >= 0.3 is 0 Å². The lowest BCUT2D eigenvalue weighted by atomic mass is 9.78. The Morgan fingerprint density at radius 2 is 2.06 bits per heavy atom. The summed E-state index contributed by atoms with van der Waals surface area (Å²) >= 11 is 0. The fourth-order valence-corrected chi connectivity index (χ4v) is 5.72. The van der Waals surface area contributed by atoms with E-state index in [-0.39, 0.29) is 11.5 Å². The van der Waals surface area contributed by atoms with Gasteiger partial charge in [-0.2, -0.15) is 0 Å². The van der Waals surface area contributed by atoms with Crippen molar-refractivity contribution in [2.24, 2.45) is 16.3 Å². The number of aliphatic imine (C=N–C) groups is 1. The lowest BCUT2D eigenvalue weighted by Crippen LogP contribution is -2.48. The van der Waals surface area contributed by atoms with Crippen LogP contribution in [0.15, 0.2) is 29.3 Å². The Morgan fingerprint density at radius 3 is 2.78 bits per heavy atom. The second-order valence-electron chi connectivity index (χ2n) is 10.6. The van der Waals surface area contributed by atoms with Crippen LogP contribution in [0.25, 0.3) is 0 Å². The van der Waals surface area contributed by atoms with Crippen molar-refractivity contribution in [1.82, 2.24) is 10.2 Å². The van der Waals surface area contributed by atoms with E-state index in [4.69, 9.17) is 4.74 Å². The molecule has 176 valence electrons. The molecule has 1 aromatic rings. The van der Waals surface area contributed by atoms with Gasteiger partial charge in [-0.05, 0) is 42.7 Å². The van der Waals surface area contributed by atoms with E-state index in [1.165, 1.54) is 17.7 Å². The quantitative estimate of drug-likeness (QED) is 0.555. The van der Waals surface area contributed by atoms with Crippen LogP contribution >= 0.6 is 0 Å². The van der Waals surface area contributed by atoms with Gasteiger partial charge in [0.2, 0.25) is 5.91 Å². The zero-order valence-corrected chi connectivity index (χ0v) is 20.3. The van der Waals surface area contributed by atoms with Crippen LogP contribution in [0.2, 0.25) is 0 Å². The Bertz CT molecular complexity index is 831. The number of anilines is 1. The molecule has 3 aliphatic rings. The van der Waals surface area contributed by atoms with Gasteiger partial charge in [-0.3, -0.25) is 9.79 Å². The molecule has 3 heterocycles. The minimum atomic E-state index is 0.134. The molecule has 1 N–H and O–H groups in total. The Labute approximate surface area is 193 Å². The maximum Gasteiger partial charge on any atom is 0.222 e. The van der Waals surface area contributed by atoms with E-state index >= 15 is 0 Å². The van der Waals surface area contributed by atoms with Gasteiger partial charge < -0.3 is 19.9 Å². The van der Waals surface area contributed by atoms with Crippen molar-refractivity contribution in [2.45, 2.75) is 64.9 Å². The summed E-state index contributed by atoms with van der Waals surface area (Å²) in [6.45, 7) is 11.2. The first-order valence-electron chi connectivity index (χ1n) is 12.3. The smallest absolute Gasteiger partial charge is 0.222 e. The largest absolute Gasteiger partial charge is 0.377 e. The minimum Gasteiger partial charge on any atom is -0.377 e. The van der Waals surface area contributed by atoms with Crippen LogP contribution in [0.5, 0.6) is 0 Å². The highest BCUT2D eigenvalue weighted by molar-refractivity contribution is 5.98. The first-order valence-corrected chi connectivity index (χ1v) is 12.3. The molecule has 0 aliphatic carbocycles. The number of amides is 1. The molecule has 3 aliphatic heterocycles. The average molecular weight is 441 g/mol. The van der Waals surface area contributed by atoms with Crippen molar-refractivity contribution in [3.8, 4) is 0 Å². The third-order valence-electron chi connectivity index (χ3n) is 7.28. The van der Waals surface area contributed by atoms with Gasteiger partial charge in [0.05, 0.1) is 6.10 Å². The van der Waals surface area contributed by atoms with Gasteiger partial charge in [0, 0.05) is 63.8 Å². The molecule has 6 heteroatoms. The van der Waals surface area contributed by atoms with E-state index in [0.29, 0.717) is 24.2 Å². The molecule has 2 saturated heterocycles. The highest BCUT2D eigenvalue weighted by atomic mass is 16.5. The summed E-state index contributed by atoms with van der Waals surface area (Å²) in [7, 11) is 1.87.